The van der Waals surface area contributed by atoms with E-state index in [-0.39, 0.29) is 12.0 Å². The standard InChI is InChI=1S/C15H24N4O4/c1-3-22-10-8-19-13(11-12(2)17-19)14(20)16-5-7-18-6-4-9-23-15(18)21/h11H,3-10H2,1-2H3,(H,16,20). The molecule has 23 heavy (non-hydrogen) atoms. The molecule has 0 aromatic carbocycles. The number of carbonyl (C=O) groups is 2. The summed E-state index contributed by atoms with van der Waals surface area (Å²) in [4.78, 5) is 25.4. The van der Waals surface area contributed by atoms with Crippen LogP contribution >= 0.6 is 0 Å². The summed E-state index contributed by atoms with van der Waals surface area (Å²) in [5.41, 5.74) is 1.29. The number of ether oxygens (including phenoxy) is 2. The summed E-state index contributed by atoms with van der Waals surface area (Å²) >= 11 is 0. The Balaban J connectivity index is 1.84. The highest BCUT2D eigenvalue weighted by atomic mass is 16.6. The van der Waals surface area contributed by atoms with Gasteiger partial charge in [0.15, 0.2) is 0 Å². The van der Waals surface area contributed by atoms with E-state index in [0.29, 0.717) is 51.7 Å². The fourth-order valence-corrected chi connectivity index (χ4v) is 2.39. The molecule has 0 bridgehead atoms. The lowest BCUT2D eigenvalue weighted by Crippen LogP contribution is -2.42. The number of amides is 2. The Morgan fingerprint density at radius 1 is 1.48 bits per heavy atom. The maximum atomic E-state index is 12.3. The topological polar surface area (TPSA) is 85.7 Å². The number of cyclic esters (lactones) is 1. The molecule has 1 saturated heterocycles. The maximum absolute atomic E-state index is 12.3. The van der Waals surface area contributed by atoms with Gasteiger partial charge in [0.2, 0.25) is 0 Å². The van der Waals surface area contributed by atoms with Gasteiger partial charge in [-0.25, -0.2) is 4.79 Å². The lowest BCUT2D eigenvalue weighted by atomic mass is 10.3. The minimum atomic E-state index is -0.317. The third kappa shape index (κ3) is 4.95. The highest BCUT2D eigenvalue weighted by Crippen LogP contribution is 2.05. The second kappa shape index (κ2) is 8.52. The summed E-state index contributed by atoms with van der Waals surface area (Å²) in [6.07, 6.45) is 0.506. The first kappa shape index (κ1) is 17.3. The SMILES string of the molecule is CCOCCn1nc(C)cc1C(=O)NCCN1CCCOC1=O. The summed E-state index contributed by atoms with van der Waals surface area (Å²) in [5.74, 6) is -0.201. The summed E-state index contributed by atoms with van der Waals surface area (Å²) < 4.78 is 11.9. The number of hydrogen-bond acceptors (Lipinski definition) is 5. The Labute approximate surface area is 135 Å². The lowest BCUT2D eigenvalue weighted by Gasteiger charge is -2.26. The molecule has 2 heterocycles. The molecule has 1 aromatic heterocycles. The minimum absolute atomic E-state index is 0.201. The number of nitrogens with zero attached hydrogens (tertiary/aromatic N) is 3. The number of hydrogen-bond donors (Lipinski definition) is 1. The van der Waals surface area contributed by atoms with Gasteiger partial charge < -0.3 is 19.7 Å². The van der Waals surface area contributed by atoms with Crippen molar-refractivity contribution in [2.45, 2.75) is 26.8 Å². The van der Waals surface area contributed by atoms with Gasteiger partial charge in [0.1, 0.15) is 5.69 Å². The average Bonchev–Trinajstić information content (AvgIpc) is 2.90. The van der Waals surface area contributed by atoms with Crippen LogP contribution in [0.25, 0.3) is 0 Å². The maximum Gasteiger partial charge on any atom is 0.409 e. The quantitative estimate of drug-likeness (QED) is 0.715. The molecule has 1 aliphatic rings. The molecule has 1 aromatic rings. The highest BCUT2D eigenvalue weighted by molar-refractivity contribution is 5.92. The van der Waals surface area contributed by atoms with Crippen LogP contribution in [-0.2, 0) is 16.0 Å². The van der Waals surface area contributed by atoms with Crippen molar-refractivity contribution in [3.05, 3.63) is 17.5 Å². The highest BCUT2D eigenvalue weighted by Gasteiger charge is 2.19. The molecular weight excluding hydrogens is 300 g/mol. The molecule has 0 spiro atoms. The molecule has 8 nitrogen and oxygen atoms in total. The molecule has 128 valence electrons. The van der Waals surface area contributed by atoms with Gasteiger partial charge in [0, 0.05) is 26.2 Å². The van der Waals surface area contributed by atoms with Crippen molar-refractivity contribution in [2.75, 3.05) is 39.5 Å². The zero-order valence-electron chi connectivity index (χ0n) is 13.7. The van der Waals surface area contributed by atoms with Crippen LogP contribution in [0.5, 0.6) is 0 Å². The number of aryl methyl sites for hydroxylation is 1. The van der Waals surface area contributed by atoms with Crippen LogP contribution in [0.15, 0.2) is 6.07 Å². The van der Waals surface area contributed by atoms with Crippen molar-refractivity contribution < 1.29 is 19.1 Å². The molecule has 8 heteroatoms. The summed E-state index contributed by atoms with van der Waals surface area (Å²) in [6.45, 7) is 7.40. The Morgan fingerprint density at radius 2 is 2.30 bits per heavy atom. The van der Waals surface area contributed by atoms with Crippen LogP contribution in [0.3, 0.4) is 0 Å². The molecule has 0 aliphatic carbocycles. The van der Waals surface area contributed by atoms with Crippen LogP contribution in [0.2, 0.25) is 0 Å². The van der Waals surface area contributed by atoms with E-state index in [4.69, 9.17) is 9.47 Å². The van der Waals surface area contributed by atoms with E-state index in [2.05, 4.69) is 10.4 Å². The molecular formula is C15H24N4O4. The van der Waals surface area contributed by atoms with Gasteiger partial charge >= 0.3 is 6.09 Å². The Morgan fingerprint density at radius 3 is 3.04 bits per heavy atom. The molecule has 0 unspecified atom stereocenters. The number of aromatic nitrogens is 2. The minimum Gasteiger partial charge on any atom is -0.449 e. The van der Waals surface area contributed by atoms with Crippen molar-refractivity contribution in [1.29, 1.82) is 0 Å². The molecule has 2 amide bonds. The van der Waals surface area contributed by atoms with E-state index in [1.54, 1.807) is 15.6 Å². The normalized spacial score (nSPS) is 14.7. The van der Waals surface area contributed by atoms with E-state index >= 15 is 0 Å². The zero-order chi connectivity index (χ0) is 16.7. The fourth-order valence-electron chi connectivity index (χ4n) is 2.39. The van der Waals surface area contributed by atoms with Crippen LogP contribution in [0, 0.1) is 6.92 Å². The van der Waals surface area contributed by atoms with E-state index in [0.717, 1.165) is 12.1 Å². The van der Waals surface area contributed by atoms with Gasteiger partial charge in [-0.15, -0.1) is 0 Å². The monoisotopic (exact) mass is 324 g/mol. The van der Waals surface area contributed by atoms with Gasteiger partial charge in [-0.05, 0) is 26.3 Å². The van der Waals surface area contributed by atoms with Gasteiger partial charge in [0.25, 0.3) is 5.91 Å². The molecule has 0 atom stereocenters. The summed E-state index contributed by atoms with van der Waals surface area (Å²) in [5, 5.41) is 7.13. The van der Waals surface area contributed by atoms with Gasteiger partial charge in [-0.1, -0.05) is 0 Å². The number of carbonyl (C=O) groups excluding carboxylic acids is 2. The van der Waals surface area contributed by atoms with Crippen LogP contribution in [-0.4, -0.2) is 66.1 Å². The van der Waals surface area contributed by atoms with E-state index in [1.807, 2.05) is 13.8 Å². The van der Waals surface area contributed by atoms with Crippen LogP contribution in [0.1, 0.15) is 29.5 Å². The second-order valence-corrected chi connectivity index (χ2v) is 5.30. The Bertz CT molecular complexity index is 544. The smallest absolute Gasteiger partial charge is 0.409 e. The first-order chi connectivity index (χ1) is 11.1. The zero-order valence-corrected chi connectivity index (χ0v) is 13.7. The molecule has 1 fully saturated rings. The van der Waals surface area contributed by atoms with Gasteiger partial charge in [-0.3, -0.25) is 9.48 Å². The first-order valence-corrected chi connectivity index (χ1v) is 7.94. The summed E-state index contributed by atoms with van der Waals surface area (Å²) in [6, 6.07) is 1.75. The van der Waals surface area contributed by atoms with E-state index in [1.165, 1.54) is 0 Å². The molecule has 1 N–H and O–H groups in total. The van der Waals surface area contributed by atoms with Crippen molar-refractivity contribution in [2.24, 2.45) is 0 Å². The van der Waals surface area contributed by atoms with Crippen molar-refractivity contribution in [1.82, 2.24) is 20.0 Å². The van der Waals surface area contributed by atoms with E-state index in [9.17, 15) is 9.59 Å². The number of nitrogens with one attached hydrogen (secondary N) is 1. The van der Waals surface area contributed by atoms with Gasteiger partial charge in [0.05, 0.1) is 25.5 Å². The van der Waals surface area contributed by atoms with Gasteiger partial charge in [-0.2, -0.15) is 5.10 Å². The second-order valence-electron chi connectivity index (χ2n) is 5.30. The van der Waals surface area contributed by atoms with E-state index < -0.39 is 0 Å². The van der Waals surface area contributed by atoms with Crippen molar-refractivity contribution in [3.63, 3.8) is 0 Å². The third-order valence-electron chi connectivity index (χ3n) is 3.51. The lowest BCUT2D eigenvalue weighted by molar-refractivity contribution is 0.0718. The van der Waals surface area contributed by atoms with Crippen molar-refractivity contribution in [3.8, 4) is 0 Å². The Kier molecular flexibility index (Phi) is 6.40. The molecule has 2 rings (SSSR count). The Hall–Kier alpha value is -2.09. The number of rotatable bonds is 8. The van der Waals surface area contributed by atoms with Crippen molar-refractivity contribution >= 4 is 12.0 Å². The first-order valence-electron chi connectivity index (χ1n) is 7.94. The average molecular weight is 324 g/mol. The molecule has 0 saturated carbocycles. The fraction of sp³-hybridized carbons (Fsp3) is 0.667. The summed E-state index contributed by atoms with van der Waals surface area (Å²) in [7, 11) is 0. The predicted molar refractivity (Wildman–Crippen MR) is 83.3 cm³/mol. The third-order valence-corrected chi connectivity index (χ3v) is 3.51. The molecule has 0 radical (unpaired) electrons. The predicted octanol–water partition coefficient (Wildman–Crippen LogP) is 0.800. The largest absolute Gasteiger partial charge is 0.449 e. The molecule has 1 aliphatic heterocycles. The van der Waals surface area contributed by atoms with Crippen LogP contribution in [0.4, 0.5) is 4.79 Å². The van der Waals surface area contributed by atoms with Crippen LogP contribution < -0.4 is 5.32 Å².